The molecule has 2 aliphatic rings. The Bertz CT molecular complexity index is 590. The lowest BCUT2D eigenvalue weighted by Crippen LogP contribution is -2.50. The van der Waals surface area contributed by atoms with Gasteiger partial charge in [-0.15, -0.1) is 0 Å². The summed E-state index contributed by atoms with van der Waals surface area (Å²) in [6.07, 6.45) is 1.03. The fraction of sp³-hybridized carbons (Fsp3) is 0.588. The van der Waals surface area contributed by atoms with E-state index in [-0.39, 0.29) is 6.03 Å². The average molecular weight is 353 g/mol. The second-order valence-corrected chi connectivity index (χ2v) is 6.94. The molecule has 0 unspecified atom stereocenters. The van der Waals surface area contributed by atoms with Gasteiger partial charge in [0.2, 0.25) is 0 Å². The second kappa shape index (κ2) is 7.59. The molecule has 0 radical (unpaired) electrons. The predicted molar refractivity (Wildman–Crippen MR) is 96.1 cm³/mol. The Morgan fingerprint density at radius 1 is 1.25 bits per heavy atom. The van der Waals surface area contributed by atoms with E-state index >= 15 is 0 Å². The minimum atomic E-state index is -0.0906. The molecule has 0 spiro atoms. The molecule has 2 heterocycles. The molecule has 0 saturated carbocycles. The molecule has 24 heavy (non-hydrogen) atoms. The number of nitrogens with zero attached hydrogens (tertiary/aromatic N) is 3. The standard InChI is InChI=1S/C17H25ClN4O2/c1-20-7-9-21(10-8-20)14-5-6-22(12-14)17(23)19-15-11-13(18)3-4-16(15)24-2/h3-4,11,14H,5-10,12H2,1-2H3,(H,19,23)/t14-/m0/s1. The number of urea groups is 1. The number of hydrogen-bond acceptors (Lipinski definition) is 4. The molecule has 2 saturated heterocycles. The van der Waals surface area contributed by atoms with E-state index in [1.54, 1.807) is 25.3 Å². The highest BCUT2D eigenvalue weighted by molar-refractivity contribution is 6.31. The Kier molecular flexibility index (Phi) is 5.48. The number of likely N-dealkylation sites (N-methyl/N-ethyl adjacent to an activating group) is 1. The number of methoxy groups -OCH3 is 1. The molecule has 7 heteroatoms. The molecule has 0 aliphatic carbocycles. The summed E-state index contributed by atoms with van der Waals surface area (Å²) in [4.78, 5) is 19.3. The van der Waals surface area contributed by atoms with E-state index in [0.29, 0.717) is 22.5 Å². The van der Waals surface area contributed by atoms with Crippen molar-refractivity contribution in [3.63, 3.8) is 0 Å². The number of rotatable bonds is 3. The number of hydrogen-bond donors (Lipinski definition) is 1. The zero-order chi connectivity index (χ0) is 17.1. The van der Waals surface area contributed by atoms with Gasteiger partial charge in [-0.05, 0) is 31.7 Å². The Labute approximate surface area is 148 Å². The van der Waals surface area contributed by atoms with Gasteiger partial charge in [0, 0.05) is 50.3 Å². The van der Waals surface area contributed by atoms with E-state index in [4.69, 9.17) is 16.3 Å². The molecule has 2 fully saturated rings. The van der Waals surface area contributed by atoms with Gasteiger partial charge in [-0.3, -0.25) is 4.90 Å². The molecule has 1 atom stereocenters. The van der Waals surface area contributed by atoms with Crippen molar-refractivity contribution in [3.8, 4) is 5.75 Å². The number of benzene rings is 1. The van der Waals surface area contributed by atoms with Gasteiger partial charge in [0.25, 0.3) is 0 Å². The minimum absolute atomic E-state index is 0.0906. The van der Waals surface area contributed by atoms with E-state index in [0.717, 1.165) is 45.7 Å². The van der Waals surface area contributed by atoms with Crippen LogP contribution in [0.5, 0.6) is 5.75 Å². The molecular formula is C17H25ClN4O2. The molecule has 6 nitrogen and oxygen atoms in total. The smallest absolute Gasteiger partial charge is 0.322 e. The Morgan fingerprint density at radius 2 is 2.00 bits per heavy atom. The van der Waals surface area contributed by atoms with Crippen molar-refractivity contribution in [1.29, 1.82) is 0 Å². The lowest BCUT2D eigenvalue weighted by atomic mass is 10.2. The zero-order valence-electron chi connectivity index (χ0n) is 14.3. The van der Waals surface area contributed by atoms with Gasteiger partial charge in [-0.1, -0.05) is 11.6 Å². The summed E-state index contributed by atoms with van der Waals surface area (Å²) < 4.78 is 5.29. The van der Waals surface area contributed by atoms with E-state index in [1.807, 2.05) is 4.90 Å². The van der Waals surface area contributed by atoms with Crippen molar-refractivity contribution in [3.05, 3.63) is 23.2 Å². The van der Waals surface area contributed by atoms with Crippen molar-refractivity contribution in [1.82, 2.24) is 14.7 Å². The highest BCUT2D eigenvalue weighted by atomic mass is 35.5. The van der Waals surface area contributed by atoms with Crippen LogP contribution in [0.3, 0.4) is 0 Å². The van der Waals surface area contributed by atoms with Gasteiger partial charge >= 0.3 is 6.03 Å². The lowest BCUT2D eigenvalue weighted by molar-refractivity contribution is 0.115. The third-order valence-corrected chi connectivity index (χ3v) is 5.14. The summed E-state index contributed by atoms with van der Waals surface area (Å²) in [5.74, 6) is 0.613. The molecule has 1 N–H and O–H groups in total. The first kappa shape index (κ1) is 17.3. The number of halogens is 1. The van der Waals surface area contributed by atoms with Crippen LogP contribution >= 0.6 is 11.6 Å². The number of likely N-dealkylation sites (tertiary alicyclic amines) is 1. The molecule has 3 rings (SSSR count). The first-order chi connectivity index (χ1) is 11.6. The summed E-state index contributed by atoms with van der Waals surface area (Å²) in [6, 6.07) is 5.59. The molecule has 132 valence electrons. The van der Waals surface area contributed by atoms with Crippen molar-refractivity contribution in [2.45, 2.75) is 12.5 Å². The summed E-state index contributed by atoms with van der Waals surface area (Å²) in [7, 11) is 3.74. The van der Waals surface area contributed by atoms with E-state index in [9.17, 15) is 4.79 Å². The number of anilines is 1. The topological polar surface area (TPSA) is 48.1 Å². The molecular weight excluding hydrogens is 328 g/mol. The number of nitrogens with one attached hydrogen (secondary N) is 1. The van der Waals surface area contributed by atoms with Crippen LogP contribution in [0.1, 0.15) is 6.42 Å². The third kappa shape index (κ3) is 3.94. The summed E-state index contributed by atoms with van der Waals surface area (Å²) in [6.45, 7) is 5.92. The summed E-state index contributed by atoms with van der Waals surface area (Å²) >= 11 is 6.02. The van der Waals surface area contributed by atoms with Crippen LogP contribution < -0.4 is 10.1 Å². The van der Waals surface area contributed by atoms with Crippen LogP contribution in [0, 0.1) is 0 Å². The number of carbonyl (C=O) groups excluding carboxylic acids is 1. The van der Waals surface area contributed by atoms with Gasteiger partial charge in [0.15, 0.2) is 0 Å². The van der Waals surface area contributed by atoms with Gasteiger partial charge in [0.05, 0.1) is 12.8 Å². The van der Waals surface area contributed by atoms with Crippen LogP contribution in [0.4, 0.5) is 10.5 Å². The molecule has 1 aromatic carbocycles. The molecule has 2 amide bonds. The fourth-order valence-electron chi connectivity index (χ4n) is 3.38. The maximum absolute atomic E-state index is 12.6. The van der Waals surface area contributed by atoms with Gasteiger partial charge in [-0.2, -0.15) is 0 Å². The van der Waals surface area contributed by atoms with Crippen LogP contribution in [0.15, 0.2) is 18.2 Å². The highest BCUT2D eigenvalue weighted by Gasteiger charge is 2.31. The van der Waals surface area contributed by atoms with Gasteiger partial charge in [0.1, 0.15) is 5.75 Å². The molecule has 0 bridgehead atoms. The van der Waals surface area contributed by atoms with Crippen molar-refractivity contribution in [2.75, 3.05) is 58.7 Å². The monoisotopic (exact) mass is 352 g/mol. The van der Waals surface area contributed by atoms with Gasteiger partial charge in [-0.25, -0.2) is 4.79 Å². The first-order valence-electron chi connectivity index (χ1n) is 8.39. The number of carbonyl (C=O) groups is 1. The normalized spacial score (nSPS) is 22.6. The Morgan fingerprint density at radius 3 is 2.71 bits per heavy atom. The van der Waals surface area contributed by atoms with Gasteiger partial charge < -0.3 is 19.9 Å². The summed E-state index contributed by atoms with van der Waals surface area (Å²) in [5, 5.41) is 3.50. The Balaban J connectivity index is 1.58. The van der Waals surface area contributed by atoms with E-state index in [1.165, 1.54) is 0 Å². The SMILES string of the molecule is COc1ccc(Cl)cc1NC(=O)N1CC[C@H](N2CCN(C)CC2)C1. The predicted octanol–water partition coefficient (Wildman–Crippen LogP) is 2.20. The second-order valence-electron chi connectivity index (χ2n) is 6.50. The van der Waals surface area contributed by atoms with Crippen molar-refractivity contribution >= 4 is 23.3 Å². The van der Waals surface area contributed by atoms with Crippen molar-refractivity contribution < 1.29 is 9.53 Å². The van der Waals surface area contributed by atoms with Crippen LogP contribution in [0.2, 0.25) is 5.02 Å². The maximum Gasteiger partial charge on any atom is 0.322 e. The average Bonchev–Trinajstić information content (AvgIpc) is 3.06. The van der Waals surface area contributed by atoms with Crippen LogP contribution in [0.25, 0.3) is 0 Å². The minimum Gasteiger partial charge on any atom is -0.495 e. The number of ether oxygens (including phenoxy) is 1. The molecule has 2 aliphatic heterocycles. The quantitative estimate of drug-likeness (QED) is 0.906. The summed E-state index contributed by atoms with van der Waals surface area (Å²) in [5.41, 5.74) is 0.609. The number of amides is 2. The zero-order valence-corrected chi connectivity index (χ0v) is 15.1. The third-order valence-electron chi connectivity index (χ3n) is 4.91. The largest absolute Gasteiger partial charge is 0.495 e. The highest BCUT2D eigenvalue weighted by Crippen LogP contribution is 2.28. The maximum atomic E-state index is 12.6. The molecule has 0 aromatic heterocycles. The van der Waals surface area contributed by atoms with Crippen molar-refractivity contribution in [2.24, 2.45) is 0 Å². The van der Waals surface area contributed by atoms with E-state index in [2.05, 4.69) is 22.2 Å². The van der Waals surface area contributed by atoms with Crippen LogP contribution in [-0.4, -0.2) is 80.2 Å². The first-order valence-corrected chi connectivity index (χ1v) is 8.76. The Hall–Kier alpha value is -1.50. The lowest BCUT2D eigenvalue weighted by Gasteiger charge is -2.36. The van der Waals surface area contributed by atoms with Crippen LogP contribution in [-0.2, 0) is 0 Å². The van der Waals surface area contributed by atoms with E-state index < -0.39 is 0 Å². The molecule has 1 aromatic rings. The number of piperazine rings is 1. The fourth-order valence-corrected chi connectivity index (χ4v) is 3.56.